The lowest BCUT2D eigenvalue weighted by molar-refractivity contribution is -0.0121. The highest BCUT2D eigenvalue weighted by atomic mass is 35.5. The number of nitrogen functional groups attached to an aromatic ring is 1. The molecule has 4 aromatic rings. The molecule has 2 aromatic heterocycles. The van der Waals surface area contributed by atoms with Gasteiger partial charge in [0.1, 0.15) is 28.0 Å². The van der Waals surface area contributed by atoms with E-state index in [0.717, 1.165) is 62.1 Å². The van der Waals surface area contributed by atoms with Crippen LogP contribution in [0.15, 0.2) is 47.5 Å². The first-order valence-electron chi connectivity index (χ1n) is 13.9. The fourth-order valence-electron chi connectivity index (χ4n) is 5.88. The van der Waals surface area contributed by atoms with Crippen molar-refractivity contribution >= 4 is 44.0 Å². The Hall–Kier alpha value is -3.32. The fourth-order valence-corrected chi connectivity index (χ4v) is 7.46. The van der Waals surface area contributed by atoms with Crippen LogP contribution in [0.2, 0.25) is 5.02 Å². The van der Waals surface area contributed by atoms with Gasteiger partial charge in [-0.05, 0) is 62.3 Å². The van der Waals surface area contributed by atoms with Crippen molar-refractivity contribution in [1.29, 1.82) is 0 Å². The van der Waals surface area contributed by atoms with Crippen LogP contribution in [0.4, 0.5) is 20.3 Å². The van der Waals surface area contributed by atoms with Gasteiger partial charge in [0, 0.05) is 30.4 Å². The molecule has 42 heavy (non-hydrogen) atoms. The van der Waals surface area contributed by atoms with Crippen LogP contribution >= 0.6 is 11.6 Å². The van der Waals surface area contributed by atoms with Crippen LogP contribution in [-0.4, -0.2) is 48.5 Å². The summed E-state index contributed by atoms with van der Waals surface area (Å²) in [6, 6.07) is 8.30. The lowest BCUT2D eigenvalue weighted by Gasteiger charge is -2.35. The molecule has 6 rings (SSSR count). The van der Waals surface area contributed by atoms with E-state index in [1.165, 1.54) is 18.2 Å². The van der Waals surface area contributed by atoms with Gasteiger partial charge in [-0.3, -0.25) is 9.40 Å². The van der Waals surface area contributed by atoms with E-state index in [2.05, 4.69) is 20.1 Å². The minimum Gasteiger partial charge on any atom is -0.383 e. The Morgan fingerprint density at radius 1 is 1.10 bits per heavy atom. The Bertz CT molecular complexity index is 1750. The number of nitrogens with two attached hydrogens (primary N) is 1. The molecule has 0 unspecified atom stereocenters. The van der Waals surface area contributed by atoms with Crippen molar-refractivity contribution in [3.8, 4) is 11.3 Å². The number of aromatic nitrogens is 3. The molecule has 0 radical (unpaired) electrons. The maximum atomic E-state index is 15.6. The molecule has 0 atom stereocenters. The number of rotatable bonds is 8. The number of hydrogen-bond donors (Lipinski definition) is 3. The number of nitrogens with one attached hydrogen (secondary N) is 2. The zero-order chi connectivity index (χ0) is 29.6. The van der Waals surface area contributed by atoms with Crippen LogP contribution in [0.3, 0.4) is 0 Å². The van der Waals surface area contributed by atoms with Crippen molar-refractivity contribution in [3.05, 3.63) is 64.8 Å². The first-order chi connectivity index (χ1) is 20.2. The molecule has 1 saturated carbocycles. The molecule has 2 aliphatic rings. The number of nitrogens with zero attached hydrogens (tertiary/aromatic N) is 3. The lowest BCUT2D eigenvalue weighted by Crippen LogP contribution is -2.51. The second kappa shape index (κ2) is 11.4. The number of anilines is 2. The van der Waals surface area contributed by atoms with Crippen molar-refractivity contribution in [2.45, 2.75) is 62.0 Å². The van der Waals surface area contributed by atoms with Crippen molar-refractivity contribution in [3.63, 3.8) is 0 Å². The second-order valence-corrected chi connectivity index (χ2v) is 12.8. The van der Waals surface area contributed by atoms with Gasteiger partial charge in [-0.25, -0.2) is 22.2 Å². The van der Waals surface area contributed by atoms with Crippen molar-refractivity contribution in [1.82, 2.24) is 20.1 Å². The number of fused-ring (bicyclic) bond motifs is 1. The van der Waals surface area contributed by atoms with Crippen LogP contribution in [-0.2, 0) is 21.3 Å². The average Bonchev–Trinajstić information content (AvgIpc) is 3.34. The SMILES string of the molecule is CCn1nc(-c2cc(F)c(NS(=O)(=O)c3ccccc3Cl)cc2F)c2c(N)ncc(C3CCC(NC4COC4)CC3)c21. The summed E-state index contributed by atoms with van der Waals surface area (Å²) in [5, 5.41) is 8.70. The maximum Gasteiger partial charge on any atom is 0.263 e. The summed E-state index contributed by atoms with van der Waals surface area (Å²) in [7, 11) is -4.28. The maximum absolute atomic E-state index is 15.6. The third kappa shape index (κ3) is 5.32. The lowest BCUT2D eigenvalue weighted by atomic mass is 9.81. The van der Waals surface area contributed by atoms with Gasteiger partial charge in [0.2, 0.25) is 0 Å². The molecule has 2 aromatic carbocycles. The molecule has 2 fully saturated rings. The molecule has 1 saturated heterocycles. The predicted octanol–water partition coefficient (Wildman–Crippen LogP) is 5.45. The molecule has 3 heterocycles. The Morgan fingerprint density at radius 2 is 1.83 bits per heavy atom. The zero-order valence-electron chi connectivity index (χ0n) is 22.9. The van der Waals surface area contributed by atoms with Gasteiger partial charge >= 0.3 is 0 Å². The number of benzene rings is 2. The minimum atomic E-state index is -4.28. The van der Waals surface area contributed by atoms with Crippen LogP contribution in [0, 0.1) is 11.6 Å². The van der Waals surface area contributed by atoms with Gasteiger partial charge in [-0.2, -0.15) is 5.10 Å². The Labute approximate surface area is 247 Å². The molecule has 13 heteroatoms. The highest BCUT2D eigenvalue weighted by Gasteiger charge is 2.30. The number of halogens is 3. The van der Waals surface area contributed by atoms with Crippen molar-refractivity contribution in [2.24, 2.45) is 0 Å². The van der Waals surface area contributed by atoms with E-state index in [9.17, 15) is 8.42 Å². The quantitative estimate of drug-likeness (QED) is 0.241. The van der Waals surface area contributed by atoms with Gasteiger partial charge in [-0.1, -0.05) is 23.7 Å². The first-order valence-corrected chi connectivity index (χ1v) is 15.8. The summed E-state index contributed by atoms with van der Waals surface area (Å²) in [5.74, 6) is -1.47. The Morgan fingerprint density at radius 3 is 2.50 bits per heavy atom. The Balaban J connectivity index is 1.34. The van der Waals surface area contributed by atoms with Crippen LogP contribution in [0.1, 0.15) is 44.1 Å². The normalized spacial score (nSPS) is 19.6. The fraction of sp³-hybridized carbons (Fsp3) is 0.379. The molecule has 0 spiro atoms. The third-order valence-electron chi connectivity index (χ3n) is 8.08. The highest BCUT2D eigenvalue weighted by molar-refractivity contribution is 7.92. The molecular formula is C29H31ClF2N6O3S. The van der Waals surface area contributed by atoms with Crippen LogP contribution in [0.25, 0.3) is 22.2 Å². The van der Waals surface area contributed by atoms with E-state index in [-0.39, 0.29) is 32.9 Å². The molecular weight excluding hydrogens is 586 g/mol. The summed E-state index contributed by atoms with van der Waals surface area (Å²) >= 11 is 6.02. The summed E-state index contributed by atoms with van der Waals surface area (Å²) in [6.07, 6.45) is 5.67. The molecule has 1 aliphatic heterocycles. The first kappa shape index (κ1) is 28.8. The van der Waals surface area contributed by atoms with E-state index in [1.54, 1.807) is 16.9 Å². The highest BCUT2D eigenvalue weighted by Crippen LogP contribution is 2.41. The minimum absolute atomic E-state index is 0.0458. The number of sulfonamides is 1. The standard InChI is InChI=1S/C29H31ClF2N6O3S/c1-2-38-28-20(16-7-9-17(10-8-16)35-18-14-41-15-18)13-34-29(33)26(28)27(36-38)19-11-23(32)24(12-22(19)31)37-42(39,40)25-6-4-3-5-21(25)30/h3-6,11-13,16-18,35,37H,2,7-10,14-15H2,1H3,(H2,33,34). The van der Waals surface area contributed by atoms with Gasteiger partial charge in [0.15, 0.2) is 0 Å². The third-order valence-corrected chi connectivity index (χ3v) is 9.95. The summed E-state index contributed by atoms with van der Waals surface area (Å²) in [5.41, 5.74) is 7.52. The van der Waals surface area contributed by atoms with Gasteiger partial charge in [-0.15, -0.1) is 0 Å². The molecule has 0 bridgehead atoms. The van der Waals surface area contributed by atoms with Gasteiger partial charge in [0.05, 0.1) is 40.9 Å². The predicted molar refractivity (Wildman–Crippen MR) is 158 cm³/mol. The van der Waals surface area contributed by atoms with Crippen LogP contribution in [0.5, 0.6) is 0 Å². The monoisotopic (exact) mass is 616 g/mol. The van der Waals surface area contributed by atoms with Gasteiger partial charge in [0.25, 0.3) is 10.0 Å². The van der Waals surface area contributed by atoms with E-state index in [0.29, 0.717) is 24.0 Å². The average molecular weight is 617 g/mol. The molecule has 1 aliphatic carbocycles. The molecule has 9 nitrogen and oxygen atoms in total. The van der Waals surface area contributed by atoms with E-state index < -0.39 is 27.3 Å². The zero-order valence-corrected chi connectivity index (χ0v) is 24.5. The van der Waals surface area contributed by atoms with E-state index >= 15 is 8.78 Å². The van der Waals surface area contributed by atoms with Gasteiger partial charge < -0.3 is 15.8 Å². The number of ether oxygens (including phenoxy) is 1. The van der Waals surface area contributed by atoms with Crippen molar-refractivity contribution in [2.75, 3.05) is 23.7 Å². The Kier molecular flexibility index (Phi) is 7.81. The number of hydrogen-bond acceptors (Lipinski definition) is 7. The van der Waals surface area contributed by atoms with Crippen molar-refractivity contribution < 1.29 is 21.9 Å². The smallest absolute Gasteiger partial charge is 0.263 e. The number of aryl methyl sites for hydroxylation is 1. The van der Waals surface area contributed by atoms with E-state index in [1.807, 2.05) is 6.92 Å². The molecule has 0 amide bonds. The topological polar surface area (TPSA) is 124 Å². The second-order valence-electron chi connectivity index (χ2n) is 10.8. The largest absolute Gasteiger partial charge is 0.383 e. The molecule has 222 valence electrons. The summed E-state index contributed by atoms with van der Waals surface area (Å²) < 4.78 is 65.8. The summed E-state index contributed by atoms with van der Waals surface area (Å²) in [4.78, 5) is 4.18. The van der Waals surface area contributed by atoms with E-state index in [4.69, 9.17) is 22.1 Å². The number of pyridine rings is 1. The van der Waals surface area contributed by atoms with Crippen LogP contribution < -0.4 is 15.8 Å². The molecule has 4 N–H and O–H groups in total. The summed E-state index contributed by atoms with van der Waals surface area (Å²) in [6.45, 7) is 3.91.